The molecule has 3 unspecified atom stereocenters. The van der Waals surface area contributed by atoms with E-state index in [4.69, 9.17) is 0 Å². The van der Waals surface area contributed by atoms with Crippen molar-refractivity contribution in [2.75, 3.05) is 4.90 Å². The maximum Gasteiger partial charge on any atom is 0.0540 e. The largest absolute Gasteiger partial charge is 0.310 e. The van der Waals surface area contributed by atoms with E-state index in [1.165, 1.54) is 98.3 Å². The van der Waals surface area contributed by atoms with Crippen molar-refractivity contribution in [2.45, 2.75) is 31.1 Å². The third kappa shape index (κ3) is 5.22. The molecule has 0 amide bonds. The predicted octanol–water partition coefficient (Wildman–Crippen LogP) is 14.9. The van der Waals surface area contributed by atoms with Crippen LogP contribution in [-0.4, -0.2) is 0 Å². The van der Waals surface area contributed by atoms with E-state index in [-0.39, 0.29) is 5.41 Å². The molecule has 0 heterocycles. The first-order valence-electron chi connectivity index (χ1n) is 20.3. The fourth-order valence-corrected chi connectivity index (χ4v) is 10.8. The number of nitrogens with zero attached hydrogens (tertiary/aromatic N) is 1. The Morgan fingerprint density at radius 1 is 0.375 bits per heavy atom. The van der Waals surface area contributed by atoms with Crippen LogP contribution in [-0.2, 0) is 5.41 Å². The van der Waals surface area contributed by atoms with Crippen LogP contribution in [0.2, 0.25) is 0 Å². The predicted molar refractivity (Wildman–Crippen MR) is 235 cm³/mol. The lowest BCUT2D eigenvalue weighted by Gasteiger charge is -2.37. The number of fused-ring (bicyclic) bond motifs is 8. The van der Waals surface area contributed by atoms with Crippen LogP contribution in [0, 0.1) is 11.8 Å². The van der Waals surface area contributed by atoms with Crippen LogP contribution < -0.4 is 4.90 Å². The Labute approximate surface area is 330 Å². The van der Waals surface area contributed by atoms with Crippen LogP contribution in [0.25, 0.3) is 55.6 Å². The van der Waals surface area contributed by atoms with Gasteiger partial charge in [0.25, 0.3) is 0 Å². The normalized spacial score (nSPS) is 18.9. The molecule has 1 nitrogen and oxygen atoms in total. The number of rotatable bonds is 7. The second-order valence-electron chi connectivity index (χ2n) is 16.0. The topological polar surface area (TPSA) is 3.24 Å². The molecule has 0 aliphatic heterocycles. The van der Waals surface area contributed by atoms with Crippen LogP contribution in [0.4, 0.5) is 17.1 Å². The van der Waals surface area contributed by atoms with E-state index < -0.39 is 0 Å². The molecule has 1 heteroatoms. The Kier molecular flexibility index (Phi) is 7.88. The van der Waals surface area contributed by atoms with Gasteiger partial charge in [-0.2, -0.15) is 0 Å². The zero-order valence-electron chi connectivity index (χ0n) is 31.5. The average Bonchev–Trinajstić information content (AvgIpc) is 3.97. The molecule has 268 valence electrons. The fourth-order valence-electron chi connectivity index (χ4n) is 10.8. The molecule has 0 radical (unpaired) electrons. The Hall–Kier alpha value is -6.44. The Balaban J connectivity index is 1.11. The van der Waals surface area contributed by atoms with E-state index in [2.05, 4.69) is 205 Å². The van der Waals surface area contributed by atoms with E-state index in [0.717, 1.165) is 11.6 Å². The van der Waals surface area contributed by atoms with Crippen molar-refractivity contribution in [2.24, 2.45) is 11.8 Å². The molecule has 0 aromatic heterocycles. The number of anilines is 3. The van der Waals surface area contributed by atoms with Crippen LogP contribution >= 0.6 is 0 Å². The lowest BCUT2D eigenvalue weighted by Crippen LogP contribution is -2.32. The summed E-state index contributed by atoms with van der Waals surface area (Å²) in [4.78, 5) is 2.52. The minimum atomic E-state index is 0.0982. The van der Waals surface area contributed by atoms with Gasteiger partial charge < -0.3 is 4.90 Å². The molecule has 3 aliphatic carbocycles. The van der Waals surface area contributed by atoms with Crippen LogP contribution in [0.1, 0.15) is 36.8 Å². The standard InChI is InChI=1S/C55H43N/c1-3-15-39(16-4-1)40-28-31-43(32-29-40)56(44-33-34-50-49-23-11-13-25-52(49)55(53(50)36-44)37-38-27-30-42(55)35-38)54-26-14-12-24-51(54)48-22-10-9-21-47(48)46-20-8-7-19-45(46)41-17-5-2-6-18-41/h1-26,28-29,31-34,36,38,42H,27,30,35,37H2. The molecule has 2 fully saturated rings. The maximum atomic E-state index is 2.58. The molecule has 8 aromatic rings. The smallest absolute Gasteiger partial charge is 0.0540 e. The molecule has 3 aliphatic rings. The van der Waals surface area contributed by atoms with Gasteiger partial charge in [-0.1, -0.05) is 176 Å². The van der Waals surface area contributed by atoms with Gasteiger partial charge in [0.1, 0.15) is 0 Å². The van der Waals surface area contributed by atoms with Crippen molar-refractivity contribution in [1.29, 1.82) is 0 Å². The van der Waals surface area contributed by atoms with Gasteiger partial charge in [0.05, 0.1) is 5.69 Å². The highest BCUT2D eigenvalue weighted by molar-refractivity contribution is 5.97. The molecular weight excluding hydrogens is 675 g/mol. The first-order chi connectivity index (χ1) is 27.8. The molecule has 2 bridgehead atoms. The summed E-state index contributed by atoms with van der Waals surface area (Å²) in [6, 6.07) is 74.2. The van der Waals surface area contributed by atoms with Crippen LogP contribution in [0.5, 0.6) is 0 Å². The summed E-state index contributed by atoms with van der Waals surface area (Å²) in [5.74, 6) is 1.52. The Morgan fingerprint density at radius 3 is 1.57 bits per heavy atom. The third-order valence-corrected chi connectivity index (χ3v) is 13.2. The number of benzene rings is 8. The van der Waals surface area contributed by atoms with Crippen LogP contribution in [0.3, 0.4) is 0 Å². The van der Waals surface area contributed by atoms with Crippen molar-refractivity contribution in [3.05, 3.63) is 211 Å². The number of hydrogen-bond donors (Lipinski definition) is 0. The number of para-hydroxylation sites is 1. The molecule has 8 aromatic carbocycles. The van der Waals surface area contributed by atoms with Gasteiger partial charge in [0, 0.05) is 22.4 Å². The fraction of sp³-hybridized carbons (Fsp3) is 0.127. The molecular formula is C55H43N. The highest BCUT2D eigenvalue weighted by Gasteiger charge is 2.56. The van der Waals surface area contributed by atoms with E-state index >= 15 is 0 Å². The molecule has 0 saturated heterocycles. The minimum Gasteiger partial charge on any atom is -0.310 e. The molecule has 11 rings (SSSR count). The lowest BCUT2D eigenvalue weighted by atomic mass is 9.67. The van der Waals surface area contributed by atoms with E-state index in [0.29, 0.717) is 5.92 Å². The SMILES string of the molecule is c1ccc(-c2ccc(N(c3ccc4c(c3)C3(CC5CCC3C5)c3ccccc3-4)c3ccccc3-c3ccccc3-c3ccccc3-c3ccccc3)cc2)cc1. The molecule has 0 N–H and O–H groups in total. The monoisotopic (exact) mass is 717 g/mol. The quantitative estimate of drug-likeness (QED) is 0.159. The van der Waals surface area contributed by atoms with E-state index in [1.807, 2.05) is 0 Å². The van der Waals surface area contributed by atoms with Crippen molar-refractivity contribution in [1.82, 2.24) is 0 Å². The summed E-state index contributed by atoms with van der Waals surface area (Å²) < 4.78 is 0. The van der Waals surface area contributed by atoms with E-state index in [9.17, 15) is 0 Å². The average molecular weight is 718 g/mol. The third-order valence-electron chi connectivity index (χ3n) is 13.2. The van der Waals surface area contributed by atoms with Gasteiger partial charge in [-0.05, 0) is 123 Å². The van der Waals surface area contributed by atoms with Crippen molar-refractivity contribution in [3.63, 3.8) is 0 Å². The second-order valence-corrected chi connectivity index (χ2v) is 16.0. The van der Waals surface area contributed by atoms with Gasteiger partial charge in [0.15, 0.2) is 0 Å². The van der Waals surface area contributed by atoms with Crippen molar-refractivity contribution < 1.29 is 0 Å². The van der Waals surface area contributed by atoms with E-state index in [1.54, 1.807) is 5.56 Å². The van der Waals surface area contributed by atoms with Crippen LogP contribution in [0.15, 0.2) is 200 Å². The lowest BCUT2D eigenvalue weighted by molar-refractivity contribution is 0.327. The summed E-state index contributed by atoms with van der Waals surface area (Å²) in [5, 5.41) is 0. The highest BCUT2D eigenvalue weighted by atomic mass is 15.1. The number of hydrogen-bond acceptors (Lipinski definition) is 1. The summed E-state index contributed by atoms with van der Waals surface area (Å²) in [6.45, 7) is 0. The summed E-state index contributed by atoms with van der Waals surface area (Å²) in [7, 11) is 0. The molecule has 2 saturated carbocycles. The van der Waals surface area contributed by atoms with Gasteiger partial charge >= 0.3 is 0 Å². The first kappa shape index (κ1) is 32.9. The van der Waals surface area contributed by atoms with Gasteiger partial charge in [-0.25, -0.2) is 0 Å². The van der Waals surface area contributed by atoms with Crippen molar-refractivity contribution in [3.8, 4) is 55.6 Å². The highest BCUT2D eigenvalue weighted by Crippen LogP contribution is 2.66. The maximum absolute atomic E-state index is 2.58. The minimum absolute atomic E-state index is 0.0982. The zero-order chi connectivity index (χ0) is 37.1. The summed E-state index contributed by atoms with van der Waals surface area (Å²) in [5.41, 5.74) is 19.4. The van der Waals surface area contributed by atoms with Gasteiger partial charge in [-0.15, -0.1) is 0 Å². The second kappa shape index (κ2) is 13.4. The van der Waals surface area contributed by atoms with Crippen molar-refractivity contribution >= 4 is 17.1 Å². The summed E-state index contributed by atoms with van der Waals surface area (Å²) in [6.07, 6.45) is 5.33. The zero-order valence-corrected chi connectivity index (χ0v) is 31.5. The molecule has 3 atom stereocenters. The Morgan fingerprint density at radius 2 is 0.893 bits per heavy atom. The summed E-state index contributed by atoms with van der Waals surface area (Å²) >= 11 is 0. The molecule has 1 spiro atoms. The van der Waals surface area contributed by atoms with Gasteiger partial charge in [-0.3, -0.25) is 0 Å². The Bertz CT molecular complexity index is 2710. The van der Waals surface area contributed by atoms with Gasteiger partial charge in [0.2, 0.25) is 0 Å². The molecule has 56 heavy (non-hydrogen) atoms. The first-order valence-corrected chi connectivity index (χ1v) is 20.3.